The Balaban J connectivity index is 1.27. The molecule has 0 bridgehead atoms. The molecule has 2 amide bonds. The fourth-order valence-electron chi connectivity index (χ4n) is 4.02. The van der Waals surface area contributed by atoms with Crippen molar-refractivity contribution >= 4 is 34.0 Å². The second-order valence-corrected chi connectivity index (χ2v) is 9.24. The number of rotatable bonds is 6. The molecule has 6 nitrogen and oxygen atoms in total. The summed E-state index contributed by atoms with van der Waals surface area (Å²) in [7, 11) is 0. The van der Waals surface area contributed by atoms with Gasteiger partial charge in [-0.3, -0.25) is 19.8 Å². The minimum atomic E-state index is -0.295. The van der Waals surface area contributed by atoms with Crippen LogP contribution in [0.15, 0.2) is 84.9 Å². The number of fused-ring (bicyclic) bond motifs is 1. The van der Waals surface area contributed by atoms with Crippen LogP contribution in [0.2, 0.25) is 0 Å². The first kappa shape index (κ1) is 22.0. The maximum Gasteiger partial charge on any atom is 0.259 e. The topological polar surface area (TPSA) is 74.3 Å². The van der Waals surface area contributed by atoms with Crippen molar-refractivity contribution in [2.75, 3.05) is 17.2 Å². The van der Waals surface area contributed by atoms with Gasteiger partial charge in [-0.2, -0.15) is 0 Å². The third-order valence-electron chi connectivity index (χ3n) is 5.74. The summed E-state index contributed by atoms with van der Waals surface area (Å²) in [6, 6.07) is 26.4. The normalized spacial score (nSPS) is 13.2. The number of para-hydroxylation sites is 1. The number of nitrogens with one attached hydrogen (secondary N) is 2. The molecule has 0 saturated heterocycles. The van der Waals surface area contributed by atoms with E-state index in [0.29, 0.717) is 21.9 Å². The molecule has 4 aromatic rings. The van der Waals surface area contributed by atoms with Crippen LogP contribution in [0.4, 0.5) is 10.8 Å². The Kier molecular flexibility index (Phi) is 6.46. The SMILES string of the molecule is O=C(Nc1ccccc1C(=O)Nc1nc2c(s1)CN(Cc1ccccc1)CC2)c1ccccc1. The molecule has 2 heterocycles. The maximum absolute atomic E-state index is 13.1. The van der Waals surface area contributed by atoms with Gasteiger partial charge in [0, 0.05) is 36.5 Å². The lowest BCUT2D eigenvalue weighted by Gasteiger charge is -2.25. The minimum absolute atomic E-state index is 0.260. The van der Waals surface area contributed by atoms with Crippen LogP contribution in [-0.4, -0.2) is 28.2 Å². The van der Waals surface area contributed by atoms with Gasteiger partial charge in [-0.25, -0.2) is 4.98 Å². The molecule has 0 aliphatic carbocycles. The van der Waals surface area contributed by atoms with E-state index in [9.17, 15) is 9.59 Å². The van der Waals surface area contributed by atoms with E-state index in [1.807, 2.05) is 12.1 Å². The highest BCUT2D eigenvalue weighted by molar-refractivity contribution is 7.15. The smallest absolute Gasteiger partial charge is 0.259 e. The summed E-state index contributed by atoms with van der Waals surface area (Å²) >= 11 is 1.52. The fourth-order valence-corrected chi connectivity index (χ4v) is 5.06. The molecule has 34 heavy (non-hydrogen) atoms. The molecule has 5 rings (SSSR count). The molecule has 0 spiro atoms. The van der Waals surface area contributed by atoms with Gasteiger partial charge in [-0.1, -0.05) is 60.7 Å². The second-order valence-electron chi connectivity index (χ2n) is 8.15. The van der Waals surface area contributed by atoms with Gasteiger partial charge in [-0.15, -0.1) is 11.3 Å². The van der Waals surface area contributed by atoms with Gasteiger partial charge in [-0.05, 0) is 29.8 Å². The fraction of sp³-hybridized carbons (Fsp3) is 0.148. The number of aromatic nitrogens is 1. The number of hydrogen-bond donors (Lipinski definition) is 2. The van der Waals surface area contributed by atoms with E-state index in [1.54, 1.807) is 48.5 Å². The van der Waals surface area contributed by atoms with E-state index >= 15 is 0 Å². The summed E-state index contributed by atoms with van der Waals surface area (Å²) in [5.74, 6) is -0.555. The standard InChI is InChI=1S/C27H24N4O2S/c32-25(20-11-5-2-6-12-20)28-22-14-8-7-13-21(22)26(33)30-27-29-23-15-16-31(18-24(23)34-27)17-19-9-3-1-4-10-19/h1-14H,15-18H2,(H,28,32)(H,29,30,33). The average molecular weight is 469 g/mol. The van der Waals surface area contributed by atoms with Crippen molar-refractivity contribution in [2.24, 2.45) is 0 Å². The van der Waals surface area contributed by atoms with Gasteiger partial charge >= 0.3 is 0 Å². The van der Waals surface area contributed by atoms with Gasteiger partial charge < -0.3 is 5.32 Å². The zero-order valence-electron chi connectivity index (χ0n) is 18.5. The van der Waals surface area contributed by atoms with Crippen molar-refractivity contribution < 1.29 is 9.59 Å². The second kappa shape index (κ2) is 9.99. The van der Waals surface area contributed by atoms with Crippen LogP contribution in [0.25, 0.3) is 0 Å². The monoisotopic (exact) mass is 468 g/mol. The van der Waals surface area contributed by atoms with Gasteiger partial charge in [0.25, 0.3) is 11.8 Å². The zero-order valence-corrected chi connectivity index (χ0v) is 19.3. The van der Waals surface area contributed by atoms with Crippen molar-refractivity contribution in [3.8, 4) is 0 Å². The number of nitrogens with zero attached hydrogens (tertiary/aromatic N) is 2. The van der Waals surface area contributed by atoms with E-state index in [4.69, 9.17) is 0 Å². The lowest BCUT2D eigenvalue weighted by atomic mass is 10.1. The molecule has 1 aromatic heterocycles. The molecular formula is C27H24N4O2S. The molecule has 3 aromatic carbocycles. The molecule has 0 saturated carbocycles. The van der Waals surface area contributed by atoms with E-state index in [1.165, 1.54) is 21.8 Å². The first-order valence-corrected chi connectivity index (χ1v) is 12.0. The molecule has 0 fully saturated rings. The Bertz CT molecular complexity index is 1300. The number of hydrogen-bond acceptors (Lipinski definition) is 5. The van der Waals surface area contributed by atoms with Crippen LogP contribution >= 0.6 is 11.3 Å². The summed E-state index contributed by atoms with van der Waals surface area (Å²) in [5, 5.41) is 6.36. The number of carbonyl (C=O) groups is 2. The van der Waals surface area contributed by atoms with E-state index < -0.39 is 0 Å². The minimum Gasteiger partial charge on any atom is -0.321 e. The van der Waals surface area contributed by atoms with Crippen LogP contribution in [0, 0.1) is 0 Å². The van der Waals surface area contributed by atoms with Crippen LogP contribution < -0.4 is 10.6 Å². The predicted octanol–water partition coefficient (Wildman–Crippen LogP) is 5.21. The van der Waals surface area contributed by atoms with Crippen molar-refractivity contribution in [3.63, 3.8) is 0 Å². The Morgan fingerprint density at radius 3 is 2.35 bits per heavy atom. The van der Waals surface area contributed by atoms with Crippen molar-refractivity contribution in [1.82, 2.24) is 9.88 Å². The van der Waals surface area contributed by atoms with E-state index in [0.717, 1.165) is 31.7 Å². The third kappa shape index (κ3) is 5.06. The van der Waals surface area contributed by atoms with Crippen molar-refractivity contribution in [2.45, 2.75) is 19.5 Å². The summed E-state index contributed by atoms with van der Waals surface area (Å²) < 4.78 is 0. The molecular weight excluding hydrogens is 444 g/mol. The molecule has 1 aliphatic rings. The first-order valence-electron chi connectivity index (χ1n) is 11.2. The number of carbonyl (C=O) groups excluding carboxylic acids is 2. The highest BCUT2D eigenvalue weighted by Gasteiger charge is 2.22. The highest BCUT2D eigenvalue weighted by atomic mass is 32.1. The Morgan fingerprint density at radius 1 is 0.853 bits per heavy atom. The largest absolute Gasteiger partial charge is 0.321 e. The van der Waals surface area contributed by atoms with E-state index in [2.05, 4.69) is 44.8 Å². The molecule has 0 unspecified atom stereocenters. The van der Waals surface area contributed by atoms with Crippen LogP contribution in [0.5, 0.6) is 0 Å². The number of anilines is 2. The van der Waals surface area contributed by atoms with Crippen LogP contribution in [-0.2, 0) is 19.5 Å². The summed E-state index contributed by atoms with van der Waals surface area (Å²) in [4.78, 5) is 33.9. The maximum atomic E-state index is 13.1. The average Bonchev–Trinajstić information content (AvgIpc) is 3.27. The van der Waals surface area contributed by atoms with Gasteiger partial charge in [0.1, 0.15) is 0 Å². The molecule has 7 heteroatoms. The van der Waals surface area contributed by atoms with Crippen LogP contribution in [0.3, 0.4) is 0 Å². The number of thiazole rings is 1. The van der Waals surface area contributed by atoms with Crippen LogP contribution in [0.1, 0.15) is 36.9 Å². The Hall–Kier alpha value is -3.81. The molecule has 1 aliphatic heterocycles. The molecule has 0 radical (unpaired) electrons. The van der Waals surface area contributed by atoms with E-state index in [-0.39, 0.29) is 11.8 Å². The lowest BCUT2D eigenvalue weighted by Crippen LogP contribution is -2.29. The van der Waals surface area contributed by atoms with Gasteiger partial charge in [0.05, 0.1) is 16.9 Å². The lowest BCUT2D eigenvalue weighted by molar-refractivity contribution is 0.102. The van der Waals surface area contributed by atoms with Gasteiger partial charge in [0.15, 0.2) is 5.13 Å². The van der Waals surface area contributed by atoms with Crippen molar-refractivity contribution in [3.05, 3.63) is 112 Å². The Labute approximate surface area is 202 Å². The summed E-state index contributed by atoms with van der Waals surface area (Å²) in [6.07, 6.45) is 0.859. The zero-order chi connectivity index (χ0) is 23.3. The highest BCUT2D eigenvalue weighted by Crippen LogP contribution is 2.30. The molecule has 0 atom stereocenters. The number of amides is 2. The third-order valence-corrected chi connectivity index (χ3v) is 6.73. The Morgan fingerprint density at radius 2 is 1.56 bits per heavy atom. The van der Waals surface area contributed by atoms with Gasteiger partial charge in [0.2, 0.25) is 0 Å². The summed E-state index contributed by atoms with van der Waals surface area (Å²) in [5.41, 5.74) is 3.73. The molecule has 2 N–H and O–H groups in total. The molecule has 170 valence electrons. The quantitative estimate of drug-likeness (QED) is 0.408. The summed E-state index contributed by atoms with van der Waals surface area (Å²) in [6.45, 7) is 2.66. The number of benzene rings is 3. The predicted molar refractivity (Wildman–Crippen MR) is 135 cm³/mol. The van der Waals surface area contributed by atoms with Crippen molar-refractivity contribution in [1.29, 1.82) is 0 Å². The first-order chi connectivity index (χ1) is 16.7.